The minimum absolute atomic E-state index is 0.209. The number of halogens is 1. The molecule has 0 saturated heterocycles. The van der Waals surface area contributed by atoms with Crippen LogP contribution in [-0.4, -0.2) is 14.9 Å². The van der Waals surface area contributed by atoms with Crippen molar-refractivity contribution in [2.75, 3.05) is 0 Å². The maximum Gasteiger partial charge on any atom is 0.432 e. The van der Waals surface area contributed by atoms with Crippen LogP contribution in [-0.2, 0) is 5.88 Å². The highest BCUT2D eigenvalue weighted by atomic mass is 35.5. The summed E-state index contributed by atoms with van der Waals surface area (Å²) in [6.07, 6.45) is 1.34. The predicted molar refractivity (Wildman–Crippen MR) is 34.8 cm³/mol. The van der Waals surface area contributed by atoms with E-state index in [2.05, 4.69) is 9.97 Å². The van der Waals surface area contributed by atoms with E-state index in [0.717, 1.165) is 0 Å². The molecule has 5 nitrogen and oxygen atoms in total. The van der Waals surface area contributed by atoms with Gasteiger partial charge < -0.3 is 10.1 Å². The summed E-state index contributed by atoms with van der Waals surface area (Å²) in [7, 11) is 0. The number of alkyl halides is 1. The molecule has 0 saturated carbocycles. The van der Waals surface area contributed by atoms with Gasteiger partial charge in [0, 0.05) is 0 Å². The fourth-order valence-corrected chi connectivity index (χ4v) is 0.644. The molecule has 1 aromatic rings. The predicted octanol–water partition coefficient (Wildman–Crippen LogP) is 1.06. The van der Waals surface area contributed by atoms with E-state index in [4.69, 9.17) is 11.6 Å². The molecule has 1 heterocycles. The first-order valence-corrected chi connectivity index (χ1v) is 3.01. The van der Waals surface area contributed by atoms with Crippen LogP contribution in [0.25, 0.3) is 0 Å². The maximum atomic E-state index is 10.00. The lowest BCUT2D eigenvalue weighted by Gasteiger charge is -1.85. The molecule has 54 valence electrons. The van der Waals surface area contributed by atoms with E-state index < -0.39 is 4.92 Å². The standard InChI is InChI=1S/C4H4ClN3O2/c5-1-3-2-6-4(7-3)8(9)10/h2H,1H2,(H,6,7). The van der Waals surface area contributed by atoms with Gasteiger partial charge in [0.2, 0.25) is 0 Å². The number of hydrogen-bond acceptors (Lipinski definition) is 3. The molecule has 0 aliphatic carbocycles. The van der Waals surface area contributed by atoms with Gasteiger partial charge in [-0.1, -0.05) is 4.98 Å². The van der Waals surface area contributed by atoms with E-state index >= 15 is 0 Å². The Labute approximate surface area is 61.2 Å². The number of hydrogen-bond donors (Lipinski definition) is 1. The van der Waals surface area contributed by atoms with E-state index in [1.165, 1.54) is 6.20 Å². The summed E-state index contributed by atoms with van der Waals surface area (Å²) in [5, 5.41) is 10.00. The number of nitrogens with one attached hydrogen (secondary N) is 1. The van der Waals surface area contributed by atoms with E-state index in [0.29, 0.717) is 5.69 Å². The van der Waals surface area contributed by atoms with Crippen LogP contribution in [0.5, 0.6) is 0 Å². The Morgan fingerprint density at radius 1 is 1.90 bits per heavy atom. The largest absolute Gasteiger partial charge is 0.432 e. The van der Waals surface area contributed by atoms with Crippen molar-refractivity contribution in [2.45, 2.75) is 5.88 Å². The van der Waals surface area contributed by atoms with Gasteiger partial charge in [-0.25, -0.2) is 4.98 Å². The molecule has 0 amide bonds. The highest BCUT2D eigenvalue weighted by molar-refractivity contribution is 6.16. The molecule has 1 aromatic heterocycles. The van der Waals surface area contributed by atoms with Gasteiger partial charge in [0.15, 0.2) is 0 Å². The van der Waals surface area contributed by atoms with Crippen LogP contribution in [0.4, 0.5) is 5.95 Å². The monoisotopic (exact) mass is 161 g/mol. The number of nitro groups is 1. The fraction of sp³-hybridized carbons (Fsp3) is 0.250. The Hall–Kier alpha value is -1.10. The number of aromatic nitrogens is 2. The van der Waals surface area contributed by atoms with E-state index in [9.17, 15) is 10.1 Å². The van der Waals surface area contributed by atoms with Crippen molar-refractivity contribution in [1.82, 2.24) is 9.97 Å². The van der Waals surface area contributed by atoms with Crippen molar-refractivity contribution in [1.29, 1.82) is 0 Å². The Bertz CT molecular complexity index is 246. The lowest BCUT2D eigenvalue weighted by atomic mass is 10.6. The van der Waals surface area contributed by atoms with E-state index in [-0.39, 0.29) is 11.8 Å². The molecule has 1 N–H and O–H groups in total. The van der Waals surface area contributed by atoms with Gasteiger partial charge >= 0.3 is 5.95 Å². The van der Waals surface area contributed by atoms with Crippen molar-refractivity contribution in [3.05, 3.63) is 22.0 Å². The number of H-pyrrole nitrogens is 1. The third-order valence-electron chi connectivity index (χ3n) is 0.932. The lowest BCUT2D eigenvalue weighted by Crippen LogP contribution is -1.89. The highest BCUT2D eigenvalue weighted by Gasteiger charge is 2.08. The van der Waals surface area contributed by atoms with Gasteiger partial charge in [0.1, 0.15) is 11.9 Å². The van der Waals surface area contributed by atoms with Crippen molar-refractivity contribution in [2.24, 2.45) is 0 Å². The summed E-state index contributed by atoms with van der Waals surface area (Å²) in [5.41, 5.74) is 0.549. The third-order valence-corrected chi connectivity index (χ3v) is 1.22. The SMILES string of the molecule is O=[N+]([O-])c1ncc(CCl)[nH]1. The van der Waals surface area contributed by atoms with Gasteiger partial charge in [-0.3, -0.25) is 0 Å². The smallest absolute Gasteiger partial charge is 0.390 e. The Balaban J connectivity index is 2.88. The Morgan fingerprint density at radius 3 is 2.90 bits per heavy atom. The number of aromatic amines is 1. The summed E-state index contributed by atoms with van der Waals surface area (Å²) >= 11 is 5.35. The second-order valence-electron chi connectivity index (χ2n) is 1.62. The quantitative estimate of drug-likeness (QED) is 0.400. The normalized spacial score (nSPS) is 9.70. The molecule has 0 aromatic carbocycles. The molecule has 0 bridgehead atoms. The van der Waals surface area contributed by atoms with E-state index in [1.807, 2.05) is 0 Å². The molecule has 1 rings (SSSR count). The molecular formula is C4H4ClN3O2. The summed E-state index contributed by atoms with van der Waals surface area (Å²) in [6, 6.07) is 0. The van der Waals surface area contributed by atoms with Crippen LogP contribution >= 0.6 is 11.6 Å². The minimum atomic E-state index is -0.601. The van der Waals surface area contributed by atoms with Gasteiger partial charge in [-0.05, 0) is 4.92 Å². The first-order chi connectivity index (χ1) is 4.74. The molecule has 0 aliphatic rings. The van der Waals surface area contributed by atoms with Crippen molar-refractivity contribution in [3.8, 4) is 0 Å². The van der Waals surface area contributed by atoms with Crippen LogP contribution in [0.1, 0.15) is 5.69 Å². The first-order valence-electron chi connectivity index (χ1n) is 2.48. The second kappa shape index (κ2) is 2.66. The molecule has 0 fully saturated rings. The van der Waals surface area contributed by atoms with Crippen molar-refractivity contribution >= 4 is 17.5 Å². The topological polar surface area (TPSA) is 71.8 Å². The van der Waals surface area contributed by atoms with Crippen LogP contribution in [0.15, 0.2) is 6.20 Å². The zero-order valence-corrected chi connectivity index (χ0v) is 5.63. The number of nitrogens with zero attached hydrogens (tertiary/aromatic N) is 2. The summed E-state index contributed by atoms with van der Waals surface area (Å²) in [4.78, 5) is 15.3. The minimum Gasteiger partial charge on any atom is -0.390 e. The lowest BCUT2D eigenvalue weighted by molar-refractivity contribution is -0.393. The fourth-order valence-electron chi connectivity index (χ4n) is 0.508. The van der Waals surface area contributed by atoms with Crippen LogP contribution in [0.3, 0.4) is 0 Å². The molecule has 10 heavy (non-hydrogen) atoms. The van der Waals surface area contributed by atoms with Crippen LogP contribution in [0.2, 0.25) is 0 Å². The van der Waals surface area contributed by atoms with Gasteiger partial charge in [-0.15, -0.1) is 11.6 Å². The second-order valence-corrected chi connectivity index (χ2v) is 1.89. The third kappa shape index (κ3) is 1.24. The van der Waals surface area contributed by atoms with E-state index in [1.54, 1.807) is 0 Å². The molecule has 0 atom stereocenters. The summed E-state index contributed by atoms with van der Waals surface area (Å²) in [6.45, 7) is 0. The molecule has 0 spiro atoms. The van der Waals surface area contributed by atoms with Gasteiger partial charge in [0.05, 0.1) is 5.88 Å². The van der Waals surface area contributed by atoms with Gasteiger partial charge in [-0.2, -0.15) is 0 Å². The van der Waals surface area contributed by atoms with Crippen molar-refractivity contribution in [3.63, 3.8) is 0 Å². The van der Waals surface area contributed by atoms with Crippen molar-refractivity contribution < 1.29 is 4.92 Å². The molecule has 6 heteroatoms. The molecule has 0 aliphatic heterocycles. The first kappa shape index (κ1) is 7.01. The highest BCUT2D eigenvalue weighted by Crippen LogP contribution is 2.05. The van der Waals surface area contributed by atoms with Crippen LogP contribution < -0.4 is 0 Å². The average molecular weight is 162 g/mol. The Kier molecular flexibility index (Phi) is 1.86. The molecular weight excluding hydrogens is 158 g/mol. The van der Waals surface area contributed by atoms with Crippen LogP contribution in [0, 0.1) is 10.1 Å². The zero-order chi connectivity index (χ0) is 7.56. The number of imidazole rings is 1. The summed E-state index contributed by atoms with van der Waals surface area (Å²) < 4.78 is 0. The Morgan fingerprint density at radius 2 is 2.60 bits per heavy atom. The zero-order valence-electron chi connectivity index (χ0n) is 4.87. The molecule has 0 unspecified atom stereocenters. The average Bonchev–Trinajstić information content (AvgIpc) is 2.34. The molecule has 0 radical (unpaired) electrons. The summed E-state index contributed by atoms with van der Waals surface area (Å²) in [5.74, 6) is -0.0587. The van der Waals surface area contributed by atoms with Gasteiger partial charge in [0.25, 0.3) is 0 Å². The maximum absolute atomic E-state index is 10.00. The number of rotatable bonds is 2.